The fraction of sp³-hybridized carbons (Fsp3) is 0.412. The molecule has 8 nitrogen and oxygen atoms in total. The van der Waals surface area contributed by atoms with Crippen molar-refractivity contribution in [3.05, 3.63) is 47.2 Å². The van der Waals surface area contributed by atoms with Crippen LogP contribution in [-0.2, 0) is 21.1 Å². The maximum atomic E-state index is 10.9. The van der Waals surface area contributed by atoms with Gasteiger partial charge in [-0.25, -0.2) is 15.1 Å². The molecule has 27 heavy (non-hydrogen) atoms. The lowest BCUT2D eigenvalue weighted by Crippen LogP contribution is -2.20. The first-order chi connectivity index (χ1) is 12.9. The van der Waals surface area contributed by atoms with Gasteiger partial charge in [-0.15, -0.1) is 0 Å². The number of rotatable bonds is 8. The molecule has 0 spiro atoms. The molecule has 1 saturated carbocycles. The highest BCUT2D eigenvalue weighted by Crippen LogP contribution is 2.29. The first kappa shape index (κ1) is 19.8. The minimum atomic E-state index is -3.91. The lowest BCUT2D eigenvalue weighted by atomic mass is 10.1. The van der Waals surface area contributed by atoms with E-state index >= 15 is 0 Å². The van der Waals surface area contributed by atoms with E-state index in [-0.39, 0.29) is 18.6 Å². The first-order valence-electron chi connectivity index (χ1n) is 8.40. The quantitative estimate of drug-likeness (QED) is 0.706. The van der Waals surface area contributed by atoms with Crippen molar-refractivity contribution in [3.8, 4) is 11.8 Å². The Morgan fingerprint density at radius 1 is 1.15 bits per heavy atom. The molecule has 0 aliphatic heterocycles. The van der Waals surface area contributed by atoms with E-state index in [1.165, 1.54) is 6.33 Å². The predicted octanol–water partition coefficient (Wildman–Crippen LogP) is 2.48. The van der Waals surface area contributed by atoms with Gasteiger partial charge in [-0.2, -0.15) is 8.42 Å². The number of aromatic nitrogens is 2. The molecule has 0 bridgehead atoms. The molecule has 1 heterocycles. The molecule has 1 aromatic carbocycles. The van der Waals surface area contributed by atoms with Crippen molar-refractivity contribution in [1.29, 1.82) is 0 Å². The molecule has 1 aromatic heterocycles. The summed E-state index contributed by atoms with van der Waals surface area (Å²) in [5.41, 5.74) is 0.967. The minimum Gasteiger partial charge on any atom is -0.474 e. The van der Waals surface area contributed by atoms with Gasteiger partial charge in [-0.3, -0.25) is 4.18 Å². The zero-order valence-corrected chi connectivity index (χ0v) is 16.0. The zero-order valence-electron chi connectivity index (χ0n) is 14.5. The molecule has 0 saturated heterocycles. The third-order valence-corrected chi connectivity index (χ3v) is 4.88. The molecular weight excluding hydrogens is 394 g/mol. The van der Waals surface area contributed by atoms with Gasteiger partial charge in [0.2, 0.25) is 11.8 Å². The van der Waals surface area contributed by atoms with Crippen molar-refractivity contribution in [2.24, 2.45) is 11.1 Å². The maximum absolute atomic E-state index is 10.9. The Balaban J connectivity index is 1.50. The van der Waals surface area contributed by atoms with Crippen molar-refractivity contribution in [1.82, 2.24) is 9.97 Å². The van der Waals surface area contributed by atoms with Gasteiger partial charge in [0.15, 0.2) is 0 Å². The first-order valence-corrected chi connectivity index (χ1v) is 10.3. The summed E-state index contributed by atoms with van der Waals surface area (Å²) in [5, 5.41) is 5.52. The molecule has 1 aliphatic rings. The van der Waals surface area contributed by atoms with Gasteiger partial charge in [-0.05, 0) is 42.9 Å². The Hall–Kier alpha value is -1.94. The number of nitrogens with zero attached hydrogens (tertiary/aromatic N) is 2. The molecule has 146 valence electrons. The molecule has 10 heteroatoms. The van der Waals surface area contributed by atoms with E-state index in [1.807, 2.05) is 12.1 Å². The SMILES string of the molecule is NS(=O)(=O)OC[C@H]1CC[C@H](Oc2cc(OCc3ccc(Cl)cc3)ncn2)C1. The van der Waals surface area contributed by atoms with E-state index < -0.39 is 10.3 Å². The number of halogens is 1. The topological polar surface area (TPSA) is 114 Å². The second-order valence-electron chi connectivity index (χ2n) is 6.31. The summed E-state index contributed by atoms with van der Waals surface area (Å²) < 4.78 is 37.9. The highest BCUT2D eigenvalue weighted by molar-refractivity contribution is 7.84. The summed E-state index contributed by atoms with van der Waals surface area (Å²) in [6, 6.07) is 8.98. The van der Waals surface area contributed by atoms with Crippen molar-refractivity contribution in [2.75, 3.05) is 6.61 Å². The Labute approximate surface area is 162 Å². The maximum Gasteiger partial charge on any atom is 0.333 e. The summed E-state index contributed by atoms with van der Waals surface area (Å²) in [7, 11) is -3.91. The third kappa shape index (κ3) is 6.62. The summed E-state index contributed by atoms with van der Waals surface area (Å²) in [6.07, 6.45) is 3.55. The van der Waals surface area contributed by atoms with Gasteiger partial charge < -0.3 is 9.47 Å². The van der Waals surface area contributed by atoms with Crippen molar-refractivity contribution >= 4 is 21.9 Å². The Morgan fingerprint density at radius 2 is 1.89 bits per heavy atom. The summed E-state index contributed by atoms with van der Waals surface area (Å²) in [6.45, 7) is 0.419. The highest BCUT2D eigenvalue weighted by atomic mass is 35.5. The second kappa shape index (κ2) is 8.83. The van der Waals surface area contributed by atoms with Crippen LogP contribution in [0.5, 0.6) is 11.8 Å². The smallest absolute Gasteiger partial charge is 0.333 e. The van der Waals surface area contributed by atoms with Gasteiger partial charge in [-0.1, -0.05) is 23.7 Å². The summed E-state index contributed by atoms with van der Waals surface area (Å²) in [5.74, 6) is 0.895. The van der Waals surface area contributed by atoms with Gasteiger partial charge >= 0.3 is 10.3 Å². The Morgan fingerprint density at radius 3 is 2.63 bits per heavy atom. The monoisotopic (exact) mass is 413 g/mol. The van der Waals surface area contributed by atoms with E-state index in [9.17, 15) is 8.42 Å². The van der Waals surface area contributed by atoms with Crippen molar-refractivity contribution in [3.63, 3.8) is 0 Å². The molecule has 0 radical (unpaired) electrons. The van der Waals surface area contributed by atoms with Crippen LogP contribution in [0.25, 0.3) is 0 Å². The van der Waals surface area contributed by atoms with Gasteiger partial charge in [0.05, 0.1) is 12.7 Å². The number of nitrogens with two attached hydrogens (primary N) is 1. The Kier molecular flexibility index (Phi) is 6.48. The average molecular weight is 414 g/mol. The van der Waals surface area contributed by atoms with Gasteiger partial charge in [0.1, 0.15) is 19.0 Å². The van der Waals surface area contributed by atoms with E-state index in [1.54, 1.807) is 18.2 Å². The average Bonchev–Trinajstić information content (AvgIpc) is 3.07. The summed E-state index contributed by atoms with van der Waals surface area (Å²) >= 11 is 5.86. The molecule has 2 N–H and O–H groups in total. The normalized spacial score (nSPS) is 19.8. The number of ether oxygens (including phenoxy) is 2. The van der Waals surface area contributed by atoms with Gasteiger partial charge in [0.25, 0.3) is 0 Å². The van der Waals surface area contributed by atoms with Crippen LogP contribution in [0, 0.1) is 5.92 Å². The molecule has 2 atom stereocenters. The van der Waals surface area contributed by atoms with Crippen LogP contribution in [-0.4, -0.2) is 31.1 Å². The molecule has 2 aromatic rings. The van der Waals surface area contributed by atoms with Gasteiger partial charge in [0, 0.05) is 5.02 Å². The molecule has 0 unspecified atom stereocenters. The van der Waals surface area contributed by atoms with E-state index in [4.69, 9.17) is 26.2 Å². The van der Waals surface area contributed by atoms with Crippen LogP contribution in [0.15, 0.2) is 36.7 Å². The molecular formula is C17H20ClN3O5S. The highest BCUT2D eigenvalue weighted by Gasteiger charge is 2.27. The molecule has 3 rings (SSSR count). The van der Waals surface area contributed by atoms with Crippen LogP contribution in [0.1, 0.15) is 24.8 Å². The lowest BCUT2D eigenvalue weighted by molar-refractivity contribution is 0.182. The fourth-order valence-corrected chi connectivity index (χ4v) is 3.36. The minimum absolute atomic E-state index is 0.0674. The largest absolute Gasteiger partial charge is 0.474 e. The summed E-state index contributed by atoms with van der Waals surface area (Å²) in [4.78, 5) is 8.18. The standard InChI is InChI=1S/C17H20ClN3O5S/c18-14-4-1-12(2-5-14)9-24-16-8-17(21-11-20-16)26-15-6-3-13(7-15)10-25-27(19,22)23/h1-2,4-5,8,11,13,15H,3,6-7,9-10H2,(H2,19,22,23)/t13-,15-/m0/s1. The van der Waals surface area contributed by atoms with Crippen molar-refractivity contribution in [2.45, 2.75) is 32.0 Å². The second-order valence-corrected chi connectivity index (χ2v) is 7.96. The van der Waals surface area contributed by atoms with Crippen molar-refractivity contribution < 1.29 is 22.1 Å². The van der Waals surface area contributed by atoms with Crippen LogP contribution in [0.4, 0.5) is 0 Å². The molecule has 1 fully saturated rings. The van der Waals surface area contributed by atoms with E-state index in [0.29, 0.717) is 29.8 Å². The number of benzene rings is 1. The van der Waals surface area contributed by atoms with Crippen LogP contribution >= 0.6 is 11.6 Å². The molecule has 0 amide bonds. The predicted molar refractivity (Wildman–Crippen MR) is 98.6 cm³/mol. The molecule has 1 aliphatic carbocycles. The fourth-order valence-electron chi connectivity index (χ4n) is 2.85. The van der Waals surface area contributed by atoms with Crippen LogP contribution in [0.2, 0.25) is 5.02 Å². The zero-order chi connectivity index (χ0) is 19.3. The van der Waals surface area contributed by atoms with Crippen LogP contribution in [0.3, 0.4) is 0 Å². The van der Waals surface area contributed by atoms with E-state index in [2.05, 4.69) is 14.2 Å². The van der Waals surface area contributed by atoms with E-state index in [0.717, 1.165) is 18.4 Å². The number of hydrogen-bond acceptors (Lipinski definition) is 7. The lowest BCUT2D eigenvalue weighted by Gasteiger charge is -2.14. The number of hydrogen-bond donors (Lipinski definition) is 1. The third-order valence-electron chi connectivity index (χ3n) is 4.17. The Bertz CT molecular complexity index is 863. The van der Waals surface area contributed by atoms with Crippen LogP contribution < -0.4 is 14.6 Å².